The van der Waals surface area contributed by atoms with Crippen molar-refractivity contribution in [3.63, 3.8) is 0 Å². The molecule has 74 valence electrons. The van der Waals surface area contributed by atoms with Gasteiger partial charge < -0.3 is 4.74 Å². The van der Waals surface area contributed by atoms with Crippen molar-refractivity contribution in [1.29, 1.82) is 0 Å². The molecular weight excluding hydrogens is 186 g/mol. The number of ether oxygens (including phenoxy) is 1. The van der Waals surface area contributed by atoms with Crippen LogP contribution in [-0.4, -0.2) is 24.4 Å². The lowest BCUT2D eigenvalue weighted by Crippen LogP contribution is -2.13. The van der Waals surface area contributed by atoms with Gasteiger partial charge in [-0.2, -0.15) is 0 Å². The molecule has 0 N–H and O–H groups in total. The lowest BCUT2D eigenvalue weighted by molar-refractivity contribution is -0.465. The molecule has 0 atom stereocenters. The second-order valence-corrected chi connectivity index (χ2v) is 2.65. The van der Waals surface area contributed by atoms with E-state index in [0.717, 1.165) is 0 Å². The van der Waals surface area contributed by atoms with Gasteiger partial charge in [0, 0.05) is 10.5 Å². The number of Topliss-reactive ketones (excluding diaryl/α,β-unsaturated/α-hetero) is 1. The van der Waals surface area contributed by atoms with E-state index in [1.165, 1.54) is 19.2 Å². The second-order valence-electron chi connectivity index (χ2n) is 2.65. The summed E-state index contributed by atoms with van der Waals surface area (Å²) in [6.45, 7) is -0.687. The van der Waals surface area contributed by atoms with Crippen LogP contribution in [0.3, 0.4) is 0 Å². The van der Waals surface area contributed by atoms with Crippen LogP contribution in [0, 0.1) is 10.1 Å². The topological polar surface area (TPSA) is 69.4 Å². The fraction of sp³-hybridized carbons (Fsp3) is 0.222. The summed E-state index contributed by atoms with van der Waals surface area (Å²) in [6.07, 6.45) is 0. The summed E-state index contributed by atoms with van der Waals surface area (Å²) in [6, 6.07) is 6.29. The van der Waals surface area contributed by atoms with E-state index >= 15 is 0 Å². The third kappa shape index (κ3) is 2.55. The average molecular weight is 195 g/mol. The highest BCUT2D eigenvalue weighted by molar-refractivity contribution is 5.97. The Morgan fingerprint density at radius 1 is 1.57 bits per heavy atom. The van der Waals surface area contributed by atoms with Gasteiger partial charge in [-0.15, -0.1) is 0 Å². The van der Waals surface area contributed by atoms with Gasteiger partial charge in [0.25, 0.3) is 6.54 Å². The van der Waals surface area contributed by atoms with Gasteiger partial charge in [-0.3, -0.25) is 14.9 Å². The van der Waals surface area contributed by atoms with Gasteiger partial charge in [0.2, 0.25) is 5.78 Å². The molecule has 0 aromatic heterocycles. The Labute approximate surface area is 80.5 Å². The lowest BCUT2D eigenvalue weighted by atomic mass is 10.1. The zero-order valence-corrected chi connectivity index (χ0v) is 7.60. The third-order valence-electron chi connectivity index (χ3n) is 1.66. The monoisotopic (exact) mass is 195 g/mol. The molecule has 0 unspecified atom stereocenters. The highest BCUT2D eigenvalue weighted by Crippen LogP contribution is 2.12. The van der Waals surface area contributed by atoms with E-state index in [4.69, 9.17) is 4.74 Å². The Kier molecular flexibility index (Phi) is 3.17. The predicted octanol–water partition coefficient (Wildman–Crippen LogP) is 1.15. The molecule has 5 heteroatoms. The van der Waals surface area contributed by atoms with E-state index in [0.29, 0.717) is 11.3 Å². The van der Waals surface area contributed by atoms with E-state index in [1.54, 1.807) is 12.1 Å². The first-order valence-corrected chi connectivity index (χ1v) is 3.92. The van der Waals surface area contributed by atoms with E-state index in [2.05, 4.69) is 0 Å². The molecule has 0 spiro atoms. The maximum absolute atomic E-state index is 11.2. The number of carbonyl (C=O) groups is 1. The maximum Gasteiger partial charge on any atom is 0.265 e. The lowest BCUT2D eigenvalue weighted by Gasteiger charge is -2.00. The molecule has 14 heavy (non-hydrogen) atoms. The third-order valence-corrected chi connectivity index (χ3v) is 1.66. The first kappa shape index (κ1) is 10.2. The average Bonchev–Trinajstić information content (AvgIpc) is 2.17. The van der Waals surface area contributed by atoms with Crippen LogP contribution in [0.1, 0.15) is 10.4 Å². The van der Waals surface area contributed by atoms with Crippen LogP contribution in [0.5, 0.6) is 5.75 Å². The Morgan fingerprint density at radius 3 is 2.86 bits per heavy atom. The van der Waals surface area contributed by atoms with Crippen LogP contribution in [0.2, 0.25) is 0 Å². The van der Waals surface area contributed by atoms with Crippen molar-refractivity contribution in [1.82, 2.24) is 0 Å². The van der Waals surface area contributed by atoms with Crippen molar-refractivity contribution in [2.24, 2.45) is 0 Å². The standard InChI is InChI=1S/C9H9NO4/c1-14-8-4-2-3-7(5-8)9(11)6-10(12)13/h2-5H,6H2,1H3. The molecule has 0 fully saturated rings. The van der Waals surface area contributed by atoms with E-state index in [1.807, 2.05) is 0 Å². The second kappa shape index (κ2) is 4.36. The fourth-order valence-electron chi connectivity index (χ4n) is 1.01. The highest BCUT2D eigenvalue weighted by atomic mass is 16.6. The first-order valence-electron chi connectivity index (χ1n) is 3.92. The number of rotatable bonds is 4. The number of nitrogens with zero attached hydrogens (tertiary/aromatic N) is 1. The molecule has 0 radical (unpaired) electrons. The number of ketones is 1. The van der Waals surface area contributed by atoms with Gasteiger partial charge in [-0.05, 0) is 12.1 Å². The van der Waals surface area contributed by atoms with E-state index in [-0.39, 0.29) is 0 Å². The summed E-state index contributed by atoms with van der Waals surface area (Å²) in [4.78, 5) is 20.7. The summed E-state index contributed by atoms with van der Waals surface area (Å²) >= 11 is 0. The fourth-order valence-corrected chi connectivity index (χ4v) is 1.01. The molecule has 0 saturated heterocycles. The van der Waals surface area contributed by atoms with Crippen molar-refractivity contribution in [3.05, 3.63) is 39.9 Å². The maximum atomic E-state index is 11.2. The Morgan fingerprint density at radius 2 is 2.29 bits per heavy atom. The van der Waals surface area contributed by atoms with Gasteiger partial charge >= 0.3 is 0 Å². The van der Waals surface area contributed by atoms with Crippen molar-refractivity contribution < 1.29 is 14.5 Å². The molecule has 0 bridgehead atoms. The number of hydrogen-bond acceptors (Lipinski definition) is 4. The minimum absolute atomic E-state index is 0.293. The van der Waals surface area contributed by atoms with Gasteiger partial charge in [-0.25, -0.2) is 0 Å². The summed E-state index contributed by atoms with van der Waals surface area (Å²) in [5.41, 5.74) is 0.293. The SMILES string of the molecule is COc1cccc(C(=O)C[N+](=O)[O-])c1. The molecule has 0 aliphatic heterocycles. The number of hydrogen-bond donors (Lipinski definition) is 0. The van der Waals surface area contributed by atoms with Crippen LogP contribution in [0.25, 0.3) is 0 Å². The molecule has 1 aromatic rings. The van der Waals surface area contributed by atoms with Crippen LogP contribution in [0.4, 0.5) is 0 Å². The van der Waals surface area contributed by atoms with E-state index in [9.17, 15) is 14.9 Å². The van der Waals surface area contributed by atoms with Gasteiger partial charge in [-0.1, -0.05) is 12.1 Å². The highest BCUT2D eigenvalue weighted by Gasteiger charge is 2.12. The van der Waals surface area contributed by atoms with Gasteiger partial charge in [0.1, 0.15) is 5.75 Å². The molecule has 1 aromatic carbocycles. The molecule has 5 nitrogen and oxygen atoms in total. The Bertz CT molecular complexity index is 362. The number of nitro groups is 1. The number of methoxy groups -OCH3 is 1. The van der Waals surface area contributed by atoms with Crippen LogP contribution < -0.4 is 4.74 Å². The largest absolute Gasteiger partial charge is 0.497 e. The van der Waals surface area contributed by atoms with Crippen LogP contribution >= 0.6 is 0 Å². The normalized spacial score (nSPS) is 9.50. The summed E-state index contributed by atoms with van der Waals surface area (Å²) in [5, 5.41) is 10.1. The summed E-state index contributed by atoms with van der Waals surface area (Å²) in [5.74, 6) is -0.00639. The van der Waals surface area contributed by atoms with Crippen molar-refractivity contribution in [3.8, 4) is 5.75 Å². The van der Waals surface area contributed by atoms with Crippen LogP contribution in [0.15, 0.2) is 24.3 Å². The zero-order chi connectivity index (χ0) is 10.6. The summed E-state index contributed by atoms with van der Waals surface area (Å²) < 4.78 is 4.89. The molecule has 0 aliphatic carbocycles. The van der Waals surface area contributed by atoms with Gasteiger partial charge in [0.15, 0.2) is 0 Å². The van der Waals surface area contributed by atoms with Crippen molar-refractivity contribution in [2.75, 3.05) is 13.7 Å². The molecule has 0 saturated carbocycles. The molecular formula is C9H9NO4. The number of carbonyl (C=O) groups excluding carboxylic acids is 1. The quantitative estimate of drug-likeness (QED) is 0.410. The Hall–Kier alpha value is -1.91. The first-order chi connectivity index (χ1) is 6.63. The molecule has 0 amide bonds. The molecule has 0 aliphatic rings. The minimum Gasteiger partial charge on any atom is -0.497 e. The molecule has 1 rings (SSSR count). The van der Waals surface area contributed by atoms with Crippen molar-refractivity contribution >= 4 is 5.78 Å². The number of benzene rings is 1. The van der Waals surface area contributed by atoms with E-state index < -0.39 is 17.3 Å². The molecule has 0 heterocycles. The summed E-state index contributed by atoms with van der Waals surface area (Å²) in [7, 11) is 1.47. The van der Waals surface area contributed by atoms with Crippen molar-refractivity contribution in [2.45, 2.75) is 0 Å². The van der Waals surface area contributed by atoms with Crippen LogP contribution in [-0.2, 0) is 0 Å². The Balaban J connectivity index is 2.84. The predicted molar refractivity (Wildman–Crippen MR) is 49.2 cm³/mol. The van der Waals surface area contributed by atoms with Gasteiger partial charge in [0.05, 0.1) is 7.11 Å². The zero-order valence-electron chi connectivity index (χ0n) is 7.60. The minimum atomic E-state index is -0.687. The smallest absolute Gasteiger partial charge is 0.265 e.